The number of anilines is 1. The average molecular weight is 349 g/mol. The Morgan fingerprint density at radius 1 is 1.04 bits per heavy atom. The molecule has 3 aromatic rings. The summed E-state index contributed by atoms with van der Waals surface area (Å²) in [5, 5.41) is 11.8. The lowest BCUT2D eigenvalue weighted by Gasteiger charge is -2.18. The number of hydrogen-bond donors (Lipinski definition) is 1. The van der Waals surface area contributed by atoms with Crippen molar-refractivity contribution in [2.45, 2.75) is 52.5 Å². The number of nitrogens with one attached hydrogen (secondary N) is 1. The third kappa shape index (κ3) is 3.31. The molecule has 2 aromatic heterocycles. The SMILES string of the molecule is Cc1nc(C)c(C)c(N[C@@H](C)c2ccc(-c3nnc(C4CC4)o3)cc2)n1. The van der Waals surface area contributed by atoms with E-state index in [2.05, 4.69) is 44.5 Å². The van der Waals surface area contributed by atoms with Crippen LogP contribution in [0.1, 0.15) is 60.3 Å². The van der Waals surface area contributed by atoms with Crippen molar-refractivity contribution in [1.29, 1.82) is 0 Å². The second kappa shape index (κ2) is 6.52. The molecule has 1 N–H and O–H groups in total. The zero-order chi connectivity index (χ0) is 18.3. The normalized spacial score (nSPS) is 15.1. The highest BCUT2D eigenvalue weighted by molar-refractivity contribution is 5.54. The summed E-state index contributed by atoms with van der Waals surface area (Å²) in [6.45, 7) is 8.09. The van der Waals surface area contributed by atoms with Crippen LogP contribution in [0.2, 0.25) is 0 Å². The maximum atomic E-state index is 5.78. The molecular weight excluding hydrogens is 326 g/mol. The highest BCUT2D eigenvalue weighted by atomic mass is 16.4. The summed E-state index contributed by atoms with van der Waals surface area (Å²) in [5.41, 5.74) is 4.21. The number of rotatable bonds is 5. The largest absolute Gasteiger partial charge is 0.420 e. The second-order valence-electron chi connectivity index (χ2n) is 7.04. The molecule has 0 aliphatic heterocycles. The standard InChI is InChI=1S/C20H23N5O/c1-11-12(2)21-14(4)23-18(11)22-13(3)15-5-7-16(8-6-15)19-24-25-20(26-19)17-9-10-17/h5-8,13,17H,9-10H2,1-4H3,(H,21,22,23)/t13-/m0/s1. The lowest BCUT2D eigenvalue weighted by Crippen LogP contribution is -2.11. The van der Waals surface area contributed by atoms with Gasteiger partial charge in [-0.3, -0.25) is 0 Å². The van der Waals surface area contributed by atoms with Gasteiger partial charge in [0.15, 0.2) is 0 Å². The summed E-state index contributed by atoms with van der Waals surface area (Å²) >= 11 is 0. The van der Waals surface area contributed by atoms with E-state index < -0.39 is 0 Å². The van der Waals surface area contributed by atoms with Crippen molar-refractivity contribution in [2.75, 3.05) is 5.32 Å². The van der Waals surface area contributed by atoms with Crippen LogP contribution in [0.3, 0.4) is 0 Å². The van der Waals surface area contributed by atoms with Gasteiger partial charge >= 0.3 is 0 Å². The zero-order valence-corrected chi connectivity index (χ0v) is 15.6. The van der Waals surface area contributed by atoms with Gasteiger partial charge in [0.25, 0.3) is 0 Å². The Bertz CT molecular complexity index is 928. The van der Waals surface area contributed by atoms with Crippen LogP contribution in [0.25, 0.3) is 11.5 Å². The van der Waals surface area contributed by atoms with Gasteiger partial charge in [-0.05, 0) is 58.2 Å². The average Bonchev–Trinajstić information content (AvgIpc) is 3.36. The molecule has 0 bridgehead atoms. The molecule has 0 amide bonds. The van der Waals surface area contributed by atoms with E-state index in [1.165, 1.54) is 5.56 Å². The maximum absolute atomic E-state index is 5.78. The van der Waals surface area contributed by atoms with Crippen LogP contribution in [-0.4, -0.2) is 20.2 Å². The third-order valence-corrected chi connectivity index (χ3v) is 4.88. The van der Waals surface area contributed by atoms with E-state index in [0.29, 0.717) is 11.8 Å². The molecule has 1 atom stereocenters. The number of aryl methyl sites for hydroxylation is 2. The Balaban J connectivity index is 1.50. The van der Waals surface area contributed by atoms with Crippen LogP contribution in [0, 0.1) is 20.8 Å². The first-order chi connectivity index (χ1) is 12.5. The molecule has 1 fully saturated rings. The van der Waals surface area contributed by atoms with Gasteiger partial charge in [0, 0.05) is 28.8 Å². The lowest BCUT2D eigenvalue weighted by molar-refractivity contribution is 0.508. The Morgan fingerprint density at radius 2 is 1.77 bits per heavy atom. The van der Waals surface area contributed by atoms with E-state index in [1.54, 1.807) is 0 Å². The van der Waals surface area contributed by atoms with E-state index in [1.807, 2.05) is 32.9 Å². The van der Waals surface area contributed by atoms with E-state index in [0.717, 1.165) is 47.2 Å². The van der Waals surface area contributed by atoms with Gasteiger partial charge in [-0.15, -0.1) is 10.2 Å². The van der Waals surface area contributed by atoms with Crippen LogP contribution in [0.5, 0.6) is 0 Å². The van der Waals surface area contributed by atoms with Gasteiger partial charge in [0.2, 0.25) is 11.8 Å². The van der Waals surface area contributed by atoms with Crippen molar-refractivity contribution >= 4 is 5.82 Å². The first kappa shape index (κ1) is 16.7. The lowest BCUT2D eigenvalue weighted by atomic mass is 10.1. The second-order valence-corrected chi connectivity index (χ2v) is 7.04. The van der Waals surface area contributed by atoms with Crippen LogP contribution in [-0.2, 0) is 0 Å². The molecule has 134 valence electrons. The van der Waals surface area contributed by atoms with E-state index >= 15 is 0 Å². The quantitative estimate of drug-likeness (QED) is 0.731. The van der Waals surface area contributed by atoms with E-state index in [9.17, 15) is 0 Å². The molecule has 1 aromatic carbocycles. The molecule has 1 aliphatic carbocycles. The van der Waals surface area contributed by atoms with Gasteiger partial charge in [0.1, 0.15) is 11.6 Å². The van der Waals surface area contributed by atoms with Gasteiger partial charge in [-0.1, -0.05) is 12.1 Å². The number of nitrogens with zero attached hydrogens (tertiary/aromatic N) is 4. The van der Waals surface area contributed by atoms with Gasteiger partial charge in [-0.2, -0.15) is 0 Å². The number of hydrogen-bond acceptors (Lipinski definition) is 6. The fraction of sp³-hybridized carbons (Fsp3) is 0.400. The molecule has 4 rings (SSSR count). The van der Waals surface area contributed by atoms with Gasteiger partial charge in [-0.25, -0.2) is 9.97 Å². The molecule has 0 saturated heterocycles. The molecule has 0 radical (unpaired) electrons. The minimum atomic E-state index is 0.126. The minimum absolute atomic E-state index is 0.126. The first-order valence-corrected chi connectivity index (χ1v) is 9.03. The third-order valence-electron chi connectivity index (χ3n) is 4.88. The Labute approximate surface area is 153 Å². The highest BCUT2D eigenvalue weighted by Crippen LogP contribution is 2.40. The van der Waals surface area contributed by atoms with Crippen molar-refractivity contribution in [3.05, 3.63) is 52.8 Å². The summed E-state index contributed by atoms with van der Waals surface area (Å²) in [6, 6.07) is 8.36. The topological polar surface area (TPSA) is 76.7 Å². The van der Waals surface area contributed by atoms with Crippen molar-refractivity contribution in [3.8, 4) is 11.5 Å². The minimum Gasteiger partial charge on any atom is -0.420 e. The van der Waals surface area contributed by atoms with Crippen molar-refractivity contribution in [1.82, 2.24) is 20.2 Å². The fourth-order valence-electron chi connectivity index (χ4n) is 2.96. The summed E-state index contributed by atoms with van der Waals surface area (Å²) in [6.07, 6.45) is 2.32. The molecule has 6 heteroatoms. The molecular formula is C20H23N5O. The monoisotopic (exact) mass is 349 g/mol. The number of aromatic nitrogens is 4. The van der Waals surface area contributed by atoms with E-state index in [4.69, 9.17) is 4.42 Å². The Morgan fingerprint density at radius 3 is 2.46 bits per heavy atom. The summed E-state index contributed by atoms with van der Waals surface area (Å²) in [4.78, 5) is 8.94. The molecule has 26 heavy (non-hydrogen) atoms. The summed E-state index contributed by atoms with van der Waals surface area (Å²) in [5.74, 6) is 3.50. The molecule has 6 nitrogen and oxygen atoms in total. The van der Waals surface area contributed by atoms with Crippen molar-refractivity contribution < 1.29 is 4.42 Å². The molecule has 0 unspecified atom stereocenters. The van der Waals surface area contributed by atoms with Crippen LogP contribution < -0.4 is 5.32 Å². The van der Waals surface area contributed by atoms with Crippen molar-refractivity contribution in [3.63, 3.8) is 0 Å². The summed E-state index contributed by atoms with van der Waals surface area (Å²) in [7, 11) is 0. The van der Waals surface area contributed by atoms with Gasteiger partial charge < -0.3 is 9.73 Å². The Hall–Kier alpha value is -2.76. The van der Waals surface area contributed by atoms with Gasteiger partial charge in [0.05, 0.1) is 0 Å². The van der Waals surface area contributed by atoms with Crippen LogP contribution in [0.4, 0.5) is 5.82 Å². The number of benzene rings is 1. The predicted molar refractivity (Wildman–Crippen MR) is 100.0 cm³/mol. The van der Waals surface area contributed by atoms with Crippen LogP contribution >= 0.6 is 0 Å². The first-order valence-electron chi connectivity index (χ1n) is 9.03. The fourth-order valence-corrected chi connectivity index (χ4v) is 2.96. The van der Waals surface area contributed by atoms with Crippen molar-refractivity contribution in [2.24, 2.45) is 0 Å². The van der Waals surface area contributed by atoms with Crippen LogP contribution in [0.15, 0.2) is 28.7 Å². The maximum Gasteiger partial charge on any atom is 0.247 e. The molecule has 1 aliphatic rings. The van der Waals surface area contributed by atoms with E-state index in [-0.39, 0.29) is 6.04 Å². The smallest absolute Gasteiger partial charge is 0.247 e. The molecule has 1 saturated carbocycles. The summed E-state index contributed by atoms with van der Waals surface area (Å²) < 4.78 is 5.78. The zero-order valence-electron chi connectivity index (χ0n) is 15.6. The highest BCUT2D eigenvalue weighted by Gasteiger charge is 2.29. The molecule has 2 heterocycles. The Kier molecular flexibility index (Phi) is 4.18. The molecule has 0 spiro atoms. The predicted octanol–water partition coefficient (Wildman–Crippen LogP) is 4.50.